The molecule has 98 valence electrons. The molecule has 0 spiro atoms. The second-order valence-electron chi connectivity index (χ2n) is 4.37. The first-order chi connectivity index (χ1) is 9.13. The van der Waals surface area contributed by atoms with Gasteiger partial charge >= 0.3 is 0 Å². The average molecular weight is 275 g/mol. The Bertz CT molecular complexity index is 629. The van der Waals surface area contributed by atoms with Crippen LogP contribution in [0.3, 0.4) is 0 Å². The van der Waals surface area contributed by atoms with Crippen molar-refractivity contribution in [2.75, 3.05) is 12.1 Å². The molecule has 3 rings (SSSR count). The molecule has 0 saturated heterocycles. The lowest BCUT2D eigenvalue weighted by Gasteiger charge is -2.03. The maximum absolute atomic E-state index is 12.1. The molecule has 0 aliphatic carbocycles. The van der Waals surface area contributed by atoms with E-state index in [0.29, 0.717) is 17.1 Å². The first kappa shape index (κ1) is 12.0. The third-order valence-electron chi connectivity index (χ3n) is 3.04. The molecule has 1 aromatic heterocycles. The van der Waals surface area contributed by atoms with Gasteiger partial charge in [0.05, 0.1) is 5.00 Å². The zero-order valence-electron chi connectivity index (χ0n) is 10.6. The second kappa shape index (κ2) is 4.59. The number of ether oxygens (including phenoxy) is 2. The van der Waals surface area contributed by atoms with Crippen LogP contribution in [0.15, 0.2) is 24.3 Å². The van der Waals surface area contributed by atoms with Crippen molar-refractivity contribution in [1.29, 1.82) is 0 Å². The van der Waals surface area contributed by atoms with Gasteiger partial charge < -0.3 is 14.8 Å². The molecule has 0 bridgehead atoms. The smallest absolute Gasteiger partial charge is 0.256 e. The molecule has 1 aliphatic rings. The molecular formula is C14H13NO3S. The number of carbonyl (C=O) groups is 1. The fourth-order valence-corrected chi connectivity index (χ4v) is 2.79. The first-order valence-corrected chi connectivity index (χ1v) is 6.73. The lowest BCUT2D eigenvalue weighted by atomic mass is 10.2. The molecule has 1 aliphatic heterocycles. The number of nitrogens with one attached hydrogen (secondary N) is 1. The third-order valence-corrected chi connectivity index (χ3v) is 4.11. The van der Waals surface area contributed by atoms with Crippen LogP contribution in [0, 0.1) is 13.8 Å². The number of benzene rings is 1. The van der Waals surface area contributed by atoms with E-state index in [-0.39, 0.29) is 12.7 Å². The maximum Gasteiger partial charge on any atom is 0.256 e. The van der Waals surface area contributed by atoms with E-state index in [4.69, 9.17) is 9.47 Å². The summed E-state index contributed by atoms with van der Waals surface area (Å²) in [5.74, 6) is 1.16. The fourth-order valence-electron chi connectivity index (χ4n) is 1.86. The third kappa shape index (κ3) is 2.29. The second-order valence-corrected chi connectivity index (χ2v) is 5.63. The summed E-state index contributed by atoms with van der Waals surface area (Å²) in [5.41, 5.74) is 1.75. The molecule has 0 fully saturated rings. The van der Waals surface area contributed by atoms with Gasteiger partial charge in [-0.3, -0.25) is 4.79 Å². The van der Waals surface area contributed by atoms with Gasteiger partial charge in [-0.1, -0.05) is 0 Å². The predicted octanol–water partition coefficient (Wildman–Crippen LogP) is 3.35. The number of aryl methyl sites for hydroxylation is 2. The number of anilines is 1. The van der Waals surface area contributed by atoms with Crippen LogP contribution in [0.4, 0.5) is 5.00 Å². The average Bonchev–Trinajstić information content (AvgIpc) is 2.96. The van der Waals surface area contributed by atoms with Gasteiger partial charge in [-0.05, 0) is 43.7 Å². The van der Waals surface area contributed by atoms with Crippen LogP contribution in [-0.2, 0) is 0 Å². The quantitative estimate of drug-likeness (QED) is 0.914. The van der Waals surface area contributed by atoms with Crippen LogP contribution < -0.4 is 14.8 Å². The van der Waals surface area contributed by atoms with E-state index in [9.17, 15) is 4.79 Å². The molecule has 1 aromatic carbocycles. The van der Waals surface area contributed by atoms with Crippen molar-refractivity contribution in [1.82, 2.24) is 0 Å². The van der Waals surface area contributed by atoms with Crippen LogP contribution >= 0.6 is 11.3 Å². The van der Waals surface area contributed by atoms with Crippen molar-refractivity contribution in [3.63, 3.8) is 0 Å². The van der Waals surface area contributed by atoms with Crippen LogP contribution in [0.5, 0.6) is 11.5 Å². The highest BCUT2D eigenvalue weighted by atomic mass is 32.1. The molecule has 5 heteroatoms. The molecule has 0 unspecified atom stereocenters. The summed E-state index contributed by atoms with van der Waals surface area (Å²) in [4.78, 5) is 13.3. The van der Waals surface area contributed by atoms with Crippen LogP contribution in [0.2, 0.25) is 0 Å². The highest BCUT2D eigenvalue weighted by Crippen LogP contribution is 2.33. The summed E-state index contributed by atoms with van der Waals surface area (Å²) in [6, 6.07) is 7.16. The van der Waals surface area contributed by atoms with Crippen molar-refractivity contribution in [3.05, 3.63) is 40.3 Å². The van der Waals surface area contributed by atoms with Gasteiger partial charge in [0.1, 0.15) is 0 Å². The summed E-state index contributed by atoms with van der Waals surface area (Å²) in [6.07, 6.45) is 0. The minimum Gasteiger partial charge on any atom is -0.454 e. The van der Waals surface area contributed by atoms with Gasteiger partial charge in [0.25, 0.3) is 5.91 Å². The molecule has 0 radical (unpaired) electrons. The lowest BCUT2D eigenvalue weighted by Crippen LogP contribution is -2.10. The van der Waals surface area contributed by atoms with Crippen LogP contribution in [0.25, 0.3) is 0 Å². The normalized spacial score (nSPS) is 12.5. The molecule has 1 amide bonds. The van der Waals surface area contributed by atoms with Crippen molar-refractivity contribution < 1.29 is 14.3 Å². The Kier molecular flexibility index (Phi) is 2.91. The topological polar surface area (TPSA) is 47.6 Å². The van der Waals surface area contributed by atoms with E-state index in [1.54, 1.807) is 29.5 Å². The highest BCUT2D eigenvalue weighted by molar-refractivity contribution is 7.16. The van der Waals surface area contributed by atoms with Crippen molar-refractivity contribution in [2.24, 2.45) is 0 Å². The van der Waals surface area contributed by atoms with Crippen molar-refractivity contribution >= 4 is 22.2 Å². The van der Waals surface area contributed by atoms with E-state index in [0.717, 1.165) is 5.00 Å². The zero-order valence-corrected chi connectivity index (χ0v) is 11.5. The van der Waals surface area contributed by atoms with E-state index in [1.807, 2.05) is 19.9 Å². The Labute approximate surface area is 115 Å². The Morgan fingerprint density at radius 2 is 2.00 bits per heavy atom. The summed E-state index contributed by atoms with van der Waals surface area (Å²) in [5, 5.41) is 3.75. The molecular weight excluding hydrogens is 262 g/mol. The Morgan fingerprint density at radius 1 is 1.21 bits per heavy atom. The van der Waals surface area contributed by atoms with E-state index < -0.39 is 0 Å². The van der Waals surface area contributed by atoms with Crippen LogP contribution in [0.1, 0.15) is 20.8 Å². The fraction of sp³-hybridized carbons (Fsp3) is 0.214. The van der Waals surface area contributed by atoms with E-state index in [2.05, 4.69) is 5.32 Å². The van der Waals surface area contributed by atoms with Gasteiger partial charge in [0, 0.05) is 10.4 Å². The zero-order chi connectivity index (χ0) is 13.4. The number of amides is 1. The van der Waals surface area contributed by atoms with Gasteiger partial charge in [0.2, 0.25) is 6.79 Å². The van der Waals surface area contributed by atoms with Crippen LogP contribution in [-0.4, -0.2) is 12.7 Å². The van der Waals surface area contributed by atoms with E-state index >= 15 is 0 Å². The largest absolute Gasteiger partial charge is 0.454 e. The monoisotopic (exact) mass is 275 g/mol. The Balaban J connectivity index is 1.80. The molecule has 1 N–H and O–H groups in total. The summed E-state index contributed by atoms with van der Waals surface area (Å²) >= 11 is 1.57. The van der Waals surface area contributed by atoms with Gasteiger partial charge in [-0.2, -0.15) is 0 Å². The molecule has 4 nitrogen and oxygen atoms in total. The highest BCUT2D eigenvalue weighted by Gasteiger charge is 2.16. The van der Waals surface area contributed by atoms with Gasteiger partial charge in [0.15, 0.2) is 11.5 Å². The van der Waals surface area contributed by atoms with Crippen molar-refractivity contribution in [2.45, 2.75) is 13.8 Å². The predicted molar refractivity (Wildman–Crippen MR) is 74.3 cm³/mol. The van der Waals surface area contributed by atoms with E-state index in [1.165, 1.54) is 10.4 Å². The molecule has 2 aromatic rings. The Morgan fingerprint density at radius 3 is 2.74 bits per heavy atom. The minimum absolute atomic E-state index is 0.139. The first-order valence-electron chi connectivity index (χ1n) is 5.91. The molecule has 2 heterocycles. The summed E-state index contributed by atoms with van der Waals surface area (Å²) in [7, 11) is 0. The van der Waals surface area contributed by atoms with Gasteiger partial charge in [-0.15, -0.1) is 11.3 Å². The number of fused-ring (bicyclic) bond motifs is 1. The molecule has 19 heavy (non-hydrogen) atoms. The maximum atomic E-state index is 12.1. The summed E-state index contributed by atoms with van der Waals surface area (Å²) in [6.45, 7) is 4.28. The SMILES string of the molecule is Cc1cc(NC(=O)c2ccc3c(c2)OCO3)sc1C. The number of hydrogen-bond acceptors (Lipinski definition) is 4. The number of hydrogen-bond donors (Lipinski definition) is 1. The molecule has 0 atom stereocenters. The number of thiophene rings is 1. The van der Waals surface area contributed by atoms with Gasteiger partial charge in [-0.25, -0.2) is 0 Å². The summed E-state index contributed by atoms with van der Waals surface area (Å²) < 4.78 is 10.5. The Hall–Kier alpha value is -2.01. The lowest BCUT2D eigenvalue weighted by molar-refractivity contribution is 0.102. The minimum atomic E-state index is -0.139. The number of rotatable bonds is 2. The number of carbonyl (C=O) groups excluding carboxylic acids is 1. The van der Waals surface area contributed by atoms with Crippen molar-refractivity contribution in [3.8, 4) is 11.5 Å². The standard InChI is InChI=1S/C14H13NO3S/c1-8-5-13(19-9(8)2)15-14(16)10-3-4-11-12(6-10)18-7-17-11/h3-6H,7H2,1-2H3,(H,15,16). The molecule has 0 saturated carbocycles.